The van der Waals surface area contributed by atoms with Gasteiger partial charge in [0.1, 0.15) is 5.60 Å². The normalized spacial score (nSPS) is 26.4. The lowest BCUT2D eigenvalue weighted by atomic mass is 10.2. The molecule has 2 rings (SSSR count). The topological polar surface area (TPSA) is 32.8 Å². The first kappa shape index (κ1) is 14.0. The van der Waals surface area contributed by atoms with Crippen LogP contribution in [0.5, 0.6) is 0 Å². The molecule has 0 aliphatic carbocycles. The summed E-state index contributed by atoms with van der Waals surface area (Å²) in [4.78, 5) is 16.3. The van der Waals surface area contributed by atoms with Gasteiger partial charge in [0.25, 0.3) is 0 Å². The number of rotatable bonds is 1. The maximum atomic E-state index is 11.9. The molecule has 0 bridgehead atoms. The van der Waals surface area contributed by atoms with E-state index < -0.39 is 5.60 Å². The van der Waals surface area contributed by atoms with E-state index in [0.717, 1.165) is 32.2 Å². The molecule has 2 heterocycles. The first-order valence-electron chi connectivity index (χ1n) is 6.75. The molecule has 2 fully saturated rings. The predicted octanol–water partition coefficient (Wildman–Crippen LogP) is 2.04. The Morgan fingerprint density at radius 1 is 1.22 bits per heavy atom. The number of hydrogen-bond donors (Lipinski definition) is 0. The highest BCUT2D eigenvalue weighted by molar-refractivity contribution is 7.99. The summed E-state index contributed by atoms with van der Waals surface area (Å²) in [5.41, 5.74) is -0.393. The van der Waals surface area contributed by atoms with Crippen molar-refractivity contribution >= 4 is 17.9 Å². The summed E-state index contributed by atoms with van der Waals surface area (Å²) < 4.78 is 5.40. The molecule has 2 saturated heterocycles. The Balaban J connectivity index is 1.77. The lowest BCUT2D eigenvalue weighted by Crippen LogP contribution is -2.52. The zero-order chi connectivity index (χ0) is 13.2. The number of nitrogens with zero attached hydrogens (tertiary/aromatic N) is 2. The van der Waals surface area contributed by atoms with Crippen molar-refractivity contribution in [3.05, 3.63) is 0 Å². The molecule has 0 N–H and O–H groups in total. The summed E-state index contributed by atoms with van der Waals surface area (Å²) in [5, 5.41) is 0. The summed E-state index contributed by atoms with van der Waals surface area (Å²) >= 11 is 2.04. The van der Waals surface area contributed by atoms with Crippen LogP contribution in [0.25, 0.3) is 0 Å². The molecule has 0 aromatic carbocycles. The number of hydrogen-bond acceptors (Lipinski definition) is 4. The van der Waals surface area contributed by atoms with Crippen LogP contribution in [0.1, 0.15) is 27.2 Å². The third-order valence-corrected chi connectivity index (χ3v) is 4.53. The first-order valence-corrected chi connectivity index (χ1v) is 7.91. The smallest absolute Gasteiger partial charge is 0.410 e. The average molecular weight is 272 g/mol. The van der Waals surface area contributed by atoms with Crippen LogP contribution in [0.15, 0.2) is 0 Å². The van der Waals surface area contributed by atoms with Crippen molar-refractivity contribution in [3.8, 4) is 0 Å². The van der Waals surface area contributed by atoms with Crippen LogP contribution in [0, 0.1) is 0 Å². The van der Waals surface area contributed by atoms with Gasteiger partial charge in [0, 0.05) is 38.0 Å². The zero-order valence-electron chi connectivity index (χ0n) is 11.6. The number of carbonyl (C=O) groups excluding carboxylic acids is 1. The maximum absolute atomic E-state index is 11.9. The average Bonchev–Trinajstić information content (AvgIpc) is 2.80. The fourth-order valence-corrected chi connectivity index (χ4v) is 3.66. The number of thioether (sulfide) groups is 1. The summed E-state index contributed by atoms with van der Waals surface area (Å²) in [6.45, 7) is 9.33. The highest BCUT2D eigenvalue weighted by atomic mass is 32.2. The Labute approximate surface area is 114 Å². The Bertz CT molecular complexity index is 290. The lowest BCUT2D eigenvalue weighted by Gasteiger charge is -2.38. The number of amides is 1. The molecule has 2 aliphatic heterocycles. The molecule has 0 aromatic heterocycles. The van der Waals surface area contributed by atoms with Crippen molar-refractivity contribution in [3.63, 3.8) is 0 Å². The van der Waals surface area contributed by atoms with Gasteiger partial charge in [0.05, 0.1) is 0 Å². The van der Waals surface area contributed by atoms with Crippen LogP contribution >= 0.6 is 11.8 Å². The van der Waals surface area contributed by atoms with Crippen LogP contribution < -0.4 is 0 Å². The third kappa shape index (κ3) is 3.79. The molecular weight excluding hydrogens is 248 g/mol. The largest absolute Gasteiger partial charge is 0.444 e. The van der Waals surface area contributed by atoms with Gasteiger partial charge in [-0.05, 0) is 32.9 Å². The van der Waals surface area contributed by atoms with Crippen LogP contribution in [-0.2, 0) is 4.74 Å². The third-order valence-electron chi connectivity index (χ3n) is 3.39. The fraction of sp³-hybridized carbons (Fsp3) is 0.923. The Morgan fingerprint density at radius 3 is 2.39 bits per heavy atom. The molecule has 1 atom stereocenters. The minimum absolute atomic E-state index is 0.164. The molecular formula is C13H24N2O2S. The summed E-state index contributed by atoms with van der Waals surface area (Å²) in [7, 11) is 0. The molecule has 104 valence electrons. The van der Waals surface area contributed by atoms with Gasteiger partial charge in [0.2, 0.25) is 0 Å². The van der Waals surface area contributed by atoms with Crippen molar-refractivity contribution in [2.75, 3.05) is 37.7 Å². The molecule has 0 spiro atoms. The minimum Gasteiger partial charge on any atom is -0.444 e. The molecule has 0 saturated carbocycles. The molecule has 1 amide bonds. The summed E-state index contributed by atoms with van der Waals surface area (Å²) in [6, 6.07) is 0.732. The number of ether oxygens (including phenoxy) is 1. The van der Waals surface area contributed by atoms with E-state index in [9.17, 15) is 4.79 Å². The van der Waals surface area contributed by atoms with Gasteiger partial charge in [-0.25, -0.2) is 4.79 Å². The molecule has 0 radical (unpaired) electrons. The van der Waals surface area contributed by atoms with Crippen LogP contribution in [0.4, 0.5) is 4.79 Å². The van der Waals surface area contributed by atoms with E-state index in [-0.39, 0.29) is 6.09 Å². The molecule has 18 heavy (non-hydrogen) atoms. The molecule has 1 unspecified atom stereocenters. The van der Waals surface area contributed by atoms with E-state index in [1.165, 1.54) is 17.9 Å². The van der Waals surface area contributed by atoms with Crippen LogP contribution in [0.2, 0.25) is 0 Å². The van der Waals surface area contributed by atoms with Gasteiger partial charge >= 0.3 is 6.09 Å². The van der Waals surface area contributed by atoms with Gasteiger partial charge in [-0.2, -0.15) is 11.8 Å². The Hall–Kier alpha value is -0.420. The van der Waals surface area contributed by atoms with Gasteiger partial charge < -0.3 is 9.64 Å². The fourth-order valence-electron chi connectivity index (χ4n) is 2.41. The number of carbonyl (C=O) groups is 1. The second-order valence-corrected chi connectivity index (χ2v) is 7.17. The van der Waals surface area contributed by atoms with Gasteiger partial charge in [-0.3, -0.25) is 4.90 Å². The molecule has 5 heteroatoms. The molecule has 2 aliphatic rings. The van der Waals surface area contributed by atoms with Crippen molar-refractivity contribution in [2.45, 2.75) is 38.8 Å². The Morgan fingerprint density at radius 2 is 1.89 bits per heavy atom. The predicted molar refractivity (Wildman–Crippen MR) is 75.1 cm³/mol. The van der Waals surface area contributed by atoms with Gasteiger partial charge in [0.15, 0.2) is 0 Å². The van der Waals surface area contributed by atoms with Crippen molar-refractivity contribution in [1.82, 2.24) is 9.80 Å². The van der Waals surface area contributed by atoms with Crippen LogP contribution in [0.3, 0.4) is 0 Å². The first-order chi connectivity index (χ1) is 8.46. The maximum Gasteiger partial charge on any atom is 0.410 e. The standard InChI is InChI=1S/C13H24N2O2S/c1-13(2,3)17-12(16)15-7-5-14(6-8-15)11-4-9-18-10-11/h11H,4-10H2,1-3H3. The quantitative estimate of drug-likeness (QED) is 0.731. The molecule has 0 aromatic rings. The van der Waals surface area contributed by atoms with E-state index in [2.05, 4.69) is 4.90 Å². The lowest BCUT2D eigenvalue weighted by molar-refractivity contribution is 0.0114. The van der Waals surface area contributed by atoms with E-state index in [4.69, 9.17) is 4.74 Å². The van der Waals surface area contributed by atoms with E-state index >= 15 is 0 Å². The number of piperazine rings is 1. The van der Waals surface area contributed by atoms with Gasteiger partial charge in [-0.1, -0.05) is 0 Å². The highest BCUT2D eigenvalue weighted by Crippen LogP contribution is 2.23. The zero-order valence-corrected chi connectivity index (χ0v) is 12.5. The minimum atomic E-state index is -0.393. The van der Waals surface area contributed by atoms with Crippen molar-refractivity contribution in [2.24, 2.45) is 0 Å². The van der Waals surface area contributed by atoms with Gasteiger partial charge in [-0.15, -0.1) is 0 Å². The van der Waals surface area contributed by atoms with E-state index in [1.54, 1.807) is 0 Å². The van der Waals surface area contributed by atoms with Crippen LogP contribution in [-0.4, -0.2) is 65.2 Å². The highest BCUT2D eigenvalue weighted by Gasteiger charge is 2.29. The Kier molecular flexibility index (Phi) is 4.43. The molecule has 4 nitrogen and oxygen atoms in total. The van der Waals surface area contributed by atoms with E-state index in [1.807, 2.05) is 37.4 Å². The monoisotopic (exact) mass is 272 g/mol. The van der Waals surface area contributed by atoms with Crippen molar-refractivity contribution in [1.29, 1.82) is 0 Å². The second kappa shape index (κ2) is 5.70. The summed E-state index contributed by atoms with van der Waals surface area (Å²) in [5.74, 6) is 2.55. The van der Waals surface area contributed by atoms with E-state index in [0.29, 0.717) is 0 Å². The second-order valence-electron chi connectivity index (χ2n) is 6.02. The summed E-state index contributed by atoms with van der Waals surface area (Å²) in [6.07, 6.45) is 1.14. The van der Waals surface area contributed by atoms with Crippen molar-refractivity contribution < 1.29 is 9.53 Å². The SMILES string of the molecule is CC(C)(C)OC(=O)N1CCN(C2CCSC2)CC1.